The largest absolute Gasteiger partial charge is 0.315 e. The van der Waals surface area contributed by atoms with Crippen molar-refractivity contribution in [2.24, 2.45) is 0 Å². The summed E-state index contributed by atoms with van der Waals surface area (Å²) in [6, 6.07) is 4.03. The Bertz CT molecular complexity index is 443. The Kier molecular flexibility index (Phi) is 6.99. The molecule has 0 saturated heterocycles. The third-order valence-corrected chi connectivity index (χ3v) is 6.23. The second-order valence-corrected chi connectivity index (χ2v) is 8.20. The van der Waals surface area contributed by atoms with Gasteiger partial charge in [-0.1, -0.05) is 13.0 Å². The molecule has 0 bridgehead atoms. The molecule has 4 nitrogen and oxygen atoms in total. The van der Waals surface area contributed by atoms with E-state index in [-0.39, 0.29) is 5.25 Å². The molecule has 1 rings (SSSR count). The molecule has 1 aromatic rings. The van der Waals surface area contributed by atoms with Crippen LogP contribution in [0.1, 0.15) is 25.1 Å². The molecule has 0 spiro atoms. The quantitative estimate of drug-likeness (QED) is 0.709. The molecule has 1 atom stereocenters. The molecule has 0 radical (unpaired) electrons. The first-order valence-electron chi connectivity index (χ1n) is 6.66. The molecule has 1 N–H and O–H groups in total. The Labute approximate surface area is 120 Å². The lowest BCUT2D eigenvalue weighted by Crippen LogP contribution is -2.41. The lowest BCUT2D eigenvalue weighted by Gasteiger charge is -2.22. The summed E-state index contributed by atoms with van der Waals surface area (Å²) in [7, 11) is -1.53. The van der Waals surface area contributed by atoms with Crippen molar-refractivity contribution in [1.29, 1.82) is 0 Å². The number of sulfonamides is 1. The third-order valence-electron chi connectivity index (χ3n) is 3.05. The smallest absolute Gasteiger partial charge is 0.217 e. The summed E-state index contributed by atoms with van der Waals surface area (Å²) in [4.78, 5) is 1.22. The summed E-state index contributed by atoms with van der Waals surface area (Å²) in [5.41, 5.74) is 0. The number of hydrogen-bond donors (Lipinski definition) is 1. The van der Waals surface area contributed by atoms with E-state index in [4.69, 9.17) is 0 Å². The van der Waals surface area contributed by atoms with E-state index in [9.17, 15) is 8.42 Å². The van der Waals surface area contributed by atoms with Crippen molar-refractivity contribution in [2.45, 2.75) is 31.9 Å². The highest BCUT2D eigenvalue weighted by molar-refractivity contribution is 7.89. The van der Waals surface area contributed by atoms with Gasteiger partial charge in [-0.15, -0.1) is 11.3 Å². The molecule has 0 fully saturated rings. The van der Waals surface area contributed by atoms with Crippen molar-refractivity contribution in [3.8, 4) is 0 Å². The summed E-state index contributed by atoms with van der Waals surface area (Å²) in [6.07, 6.45) is 1.80. The highest BCUT2D eigenvalue weighted by Gasteiger charge is 2.25. The van der Waals surface area contributed by atoms with Crippen LogP contribution in [0.15, 0.2) is 17.5 Å². The van der Waals surface area contributed by atoms with Crippen molar-refractivity contribution in [3.63, 3.8) is 0 Å². The maximum Gasteiger partial charge on any atom is 0.217 e. The van der Waals surface area contributed by atoms with Crippen LogP contribution in [-0.4, -0.2) is 44.7 Å². The summed E-state index contributed by atoms with van der Waals surface area (Å²) < 4.78 is 26.0. The van der Waals surface area contributed by atoms with Crippen LogP contribution >= 0.6 is 11.3 Å². The molecule has 0 aromatic carbocycles. The summed E-state index contributed by atoms with van der Waals surface area (Å²) in [5.74, 6) is 0. The van der Waals surface area contributed by atoms with Crippen LogP contribution in [0.4, 0.5) is 0 Å². The van der Waals surface area contributed by atoms with Crippen molar-refractivity contribution >= 4 is 21.4 Å². The van der Waals surface area contributed by atoms with Crippen LogP contribution in [0.2, 0.25) is 0 Å². The third kappa shape index (κ3) is 5.22. The Morgan fingerprint density at radius 1 is 1.47 bits per heavy atom. The first-order chi connectivity index (χ1) is 8.98. The molecule has 1 heterocycles. The lowest BCUT2D eigenvalue weighted by molar-refractivity contribution is 0.460. The Morgan fingerprint density at radius 2 is 2.21 bits per heavy atom. The Hall–Kier alpha value is -0.430. The number of hydrogen-bond acceptors (Lipinski definition) is 4. The summed E-state index contributed by atoms with van der Waals surface area (Å²) in [5, 5.41) is 4.79. The van der Waals surface area contributed by atoms with Crippen LogP contribution in [-0.2, 0) is 16.4 Å². The standard InChI is InChI=1S/C13H24N2O2S2/c1-4-8-14-11-12(2)19(16,17)15(3)9-7-13-6-5-10-18-13/h5-6,10,12,14H,4,7-9,11H2,1-3H3. The molecule has 110 valence electrons. The molecule has 1 unspecified atom stereocenters. The average molecular weight is 304 g/mol. The average Bonchev–Trinajstić information content (AvgIpc) is 2.89. The van der Waals surface area contributed by atoms with Gasteiger partial charge >= 0.3 is 0 Å². The normalized spacial score (nSPS) is 13.9. The van der Waals surface area contributed by atoms with Crippen molar-refractivity contribution in [2.75, 3.05) is 26.7 Å². The first-order valence-corrected chi connectivity index (χ1v) is 9.05. The monoisotopic (exact) mass is 304 g/mol. The Morgan fingerprint density at radius 3 is 2.79 bits per heavy atom. The highest BCUT2D eigenvalue weighted by atomic mass is 32.2. The molecule has 0 amide bonds. The molecule has 0 aliphatic carbocycles. The second kappa shape index (κ2) is 7.99. The van der Waals surface area contributed by atoms with Gasteiger partial charge in [0.15, 0.2) is 0 Å². The van der Waals surface area contributed by atoms with E-state index in [0.717, 1.165) is 19.4 Å². The molecular formula is C13H24N2O2S2. The van der Waals surface area contributed by atoms with Gasteiger partial charge in [0, 0.05) is 25.0 Å². The van der Waals surface area contributed by atoms with Crippen LogP contribution in [0, 0.1) is 0 Å². The minimum Gasteiger partial charge on any atom is -0.315 e. The van der Waals surface area contributed by atoms with Crippen LogP contribution in [0.5, 0.6) is 0 Å². The van der Waals surface area contributed by atoms with Gasteiger partial charge in [-0.25, -0.2) is 12.7 Å². The summed E-state index contributed by atoms with van der Waals surface area (Å²) >= 11 is 1.67. The predicted octanol–water partition coefficient (Wildman–Crippen LogP) is 1.94. The van der Waals surface area contributed by atoms with Crippen LogP contribution < -0.4 is 5.32 Å². The van der Waals surface area contributed by atoms with E-state index < -0.39 is 10.0 Å². The van der Waals surface area contributed by atoms with Crippen LogP contribution in [0.25, 0.3) is 0 Å². The van der Waals surface area contributed by atoms with Crippen molar-refractivity contribution < 1.29 is 8.42 Å². The number of rotatable bonds is 9. The molecule has 0 aliphatic rings. The minimum absolute atomic E-state index is 0.382. The van der Waals surface area contributed by atoms with Gasteiger partial charge in [-0.2, -0.15) is 0 Å². The van der Waals surface area contributed by atoms with Gasteiger partial charge in [0.25, 0.3) is 0 Å². The zero-order chi connectivity index (χ0) is 14.3. The number of likely N-dealkylation sites (N-methyl/N-ethyl adjacent to an activating group) is 1. The fourth-order valence-corrected chi connectivity index (χ4v) is 3.73. The van der Waals surface area contributed by atoms with Gasteiger partial charge in [-0.3, -0.25) is 0 Å². The number of thiophene rings is 1. The fraction of sp³-hybridized carbons (Fsp3) is 0.692. The van der Waals surface area contributed by atoms with Crippen molar-refractivity contribution in [1.82, 2.24) is 9.62 Å². The minimum atomic E-state index is -3.20. The van der Waals surface area contributed by atoms with E-state index in [0.29, 0.717) is 13.1 Å². The molecule has 0 aliphatic heterocycles. The van der Waals surface area contributed by atoms with Gasteiger partial charge in [0.2, 0.25) is 10.0 Å². The van der Waals surface area contributed by atoms with E-state index in [1.54, 1.807) is 25.3 Å². The van der Waals surface area contributed by atoms with Crippen molar-refractivity contribution in [3.05, 3.63) is 22.4 Å². The first kappa shape index (κ1) is 16.6. The van der Waals surface area contributed by atoms with E-state index in [1.165, 1.54) is 9.18 Å². The molecule has 19 heavy (non-hydrogen) atoms. The number of nitrogens with one attached hydrogen (secondary N) is 1. The maximum absolute atomic E-state index is 12.3. The van der Waals surface area contributed by atoms with Gasteiger partial charge in [0.1, 0.15) is 0 Å². The molecular weight excluding hydrogens is 280 g/mol. The van der Waals surface area contributed by atoms with Crippen LogP contribution in [0.3, 0.4) is 0 Å². The van der Waals surface area contributed by atoms with Gasteiger partial charge in [-0.05, 0) is 37.8 Å². The SMILES string of the molecule is CCCNCC(C)S(=O)(=O)N(C)CCc1cccs1. The maximum atomic E-state index is 12.3. The number of nitrogens with zero attached hydrogens (tertiary/aromatic N) is 1. The topological polar surface area (TPSA) is 49.4 Å². The fourth-order valence-electron chi connectivity index (χ4n) is 1.74. The molecule has 1 aromatic heterocycles. The second-order valence-electron chi connectivity index (χ2n) is 4.71. The zero-order valence-electron chi connectivity index (χ0n) is 11.9. The summed E-state index contributed by atoms with van der Waals surface area (Å²) in [6.45, 7) is 5.75. The predicted molar refractivity (Wildman–Crippen MR) is 82.2 cm³/mol. The van der Waals surface area contributed by atoms with Gasteiger partial charge < -0.3 is 5.32 Å². The van der Waals surface area contributed by atoms with Gasteiger partial charge in [0.05, 0.1) is 5.25 Å². The molecule has 0 saturated carbocycles. The van der Waals surface area contributed by atoms with E-state index in [2.05, 4.69) is 12.2 Å². The van der Waals surface area contributed by atoms with E-state index >= 15 is 0 Å². The zero-order valence-corrected chi connectivity index (χ0v) is 13.6. The highest BCUT2D eigenvalue weighted by Crippen LogP contribution is 2.12. The lowest BCUT2D eigenvalue weighted by atomic mass is 10.3. The van der Waals surface area contributed by atoms with E-state index in [1.807, 2.05) is 17.5 Å². The Balaban J connectivity index is 2.46. The molecule has 6 heteroatoms.